The molecule has 1 heterocycles. The fraction of sp³-hybridized carbons (Fsp3) is 0.300. The van der Waals surface area contributed by atoms with Crippen LogP contribution in [0.2, 0.25) is 0 Å². The second-order valence-corrected chi connectivity index (χ2v) is 3.28. The fourth-order valence-electron chi connectivity index (χ4n) is 1.08. The van der Waals surface area contributed by atoms with Gasteiger partial charge in [-0.3, -0.25) is 14.6 Å². The summed E-state index contributed by atoms with van der Waals surface area (Å²) in [5.41, 5.74) is 6.63. The lowest BCUT2D eigenvalue weighted by Crippen LogP contribution is -2.36. The van der Waals surface area contributed by atoms with Gasteiger partial charge in [0.15, 0.2) is 0 Å². The van der Waals surface area contributed by atoms with E-state index in [1.54, 1.807) is 12.3 Å². The maximum absolute atomic E-state index is 11.3. The van der Waals surface area contributed by atoms with Gasteiger partial charge in [0.1, 0.15) is 0 Å². The van der Waals surface area contributed by atoms with Gasteiger partial charge in [-0.25, -0.2) is 0 Å². The summed E-state index contributed by atoms with van der Waals surface area (Å²) in [6.07, 6.45) is 3.22. The quantitative estimate of drug-likeness (QED) is 0.634. The highest BCUT2D eigenvalue weighted by atomic mass is 16.2. The molecule has 1 aromatic heterocycles. The minimum atomic E-state index is -0.363. The van der Waals surface area contributed by atoms with E-state index in [1.165, 1.54) is 6.20 Å². The Hall–Kier alpha value is -1.95. The minimum Gasteiger partial charge on any atom is -0.346 e. The Morgan fingerprint density at radius 2 is 2.12 bits per heavy atom. The van der Waals surface area contributed by atoms with E-state index in [-0.39, 0.29) is 24.9 Å². The van der Waals surface area contributed by atoms with Crippen molar-refractivity contribution in [3.8, 4) is 0 Å². The molecule has 0 aliphatic rings. The van der Waals surface area contributed by atoms with E-state index in [4.69, 9.17) is 5.73 Å². The van der Waals surface area contributed by atoms with E-state index >= 15 is 0 Å². The molecular formula is C10H14N4O2. The van der Waals surface area contributed by atoms with Gasteiger partial charge in [-0.05, 0) is 18.6 Å². The Balaban J connectivity index is 2.43. The molecule has 0 saturated carbocycles. The maximum Gasteiger partial charge on any atom is 0.243 e. The number of aromatic nitrogens is 1. The molecule has 0 aliphatic heterocycles. The van der Waals surface area contributed by atoms with Gasteiger partial charge >= 0.3 is 0 Å². The van der Waals surface area contributed by atoms with Crippen LogP contribution in [0.1, 0.15) is 5.56 Å². The van der Waals surface area contributed by atoms with E-state index in [9.17, 15) is 9.59 Å². The monoisotopic (exact) mass is 222 g/mol. The van der Waals surface area contributed by atoms with Gasteiger partial charge in [-0.1, -0.05) is 0 Å². The number of nitrogens with one attached hydrogen (secondary N) is 2. The molecule has 0 spiro atoms. The van der Waals surface area contributed by atoms with Crippen molar-refractivity contribution in [2.45, 2.75) is 6.92 Å². The predicted molar refractivity (Wildman–Crippen MR) is 59.7 cm³/mol. The number of rotatable bonds is 4. The summed E-state index contributed by atoms with van der Waals surface area (Å²) in [5.74, 6) is -0.674. The average molecular weight is 222 g/mol. The molecule has 0 radical (unpaired) electrons. The second-order valence-electron chi connectivity index (χ2n) is 3.28. The first-order valence-electron chi connectivity index (χ1n) is 4.80. The van der Waals surface area contributed by atoms with Crippen LogP contribution in [0.15, 0.2) is 18.5 Å². The second kappa shape index (κ2) is 5.82. The number of nitrogens with two attached hydrogens (primary N) is 1. The average Bonchev–Trinajstić information content (AvgIpc) is 2.26. The summed E-state index contributed by atoms with van der Waals surface area (Å²) in [7, 11) is 0. The Morgan fingerprint density at radius 3 is 2.75 bits per heavy atom. The number of aryl methyl sites for hydroxylation is 1. The smallest absolute Gasteiger partial charge is 0.243 e. The number of nitrogens with zero attached hydrogens (tertiary/aromatic N) is 1. The van der Waals surface area contributed by atoms with Crippen molar-refractivity contribution in [1.29, 1.82) is 0 Å². The normalized spacial score (nSPS) is 9.62. The summed E-state index contributed by atoms with van der Waals surface area (Å²) in [6.45, 7) is 1.65. The number of pyridine rings is 1. The van der Waals surface area contributed by atoms with Crippen LogP contribution >= 0.6 is 0 Å². The van der Waals surface area contributed by atoms with Crippen LogP contribution < -0.4 is 16.4 Å². The first kappa shape index (κ1) is 12.1. The van der Waals surface area contributed by atoms with Crippen molar-refractivity contribution in [2.24, 2.45) is 5.73 Å². The van der Waals surface area contributed by atoms with Crippen LogP contribution in [-0.2, 0) is 9.59 Å². The van der Waals surface area contributed by atoms with Gasteiger partial charge in [-0.2, -0.15) is 0 Å². The highest BCUT2D eigenvalue weighted by molar-refractivity contribution is 5.94. The van der Waals surface area contributed by atoms with E-state index in [0.29, 0.717) is 5.69 Å². The molecule has 0 unspecified atom stereocenters. The molecule has 1 aromatic rings. The van der Waals surface area contributed by atoms with Crippen LogP contribution in [-0.4, -0.2) is 29.9 Å². The summed E-state index contributed by atoms with van der Waals surface area (Å²) in [4.78, 5) is 26.1. The zero-order chi connectivity index (χ0) is 12.0. The first-order valence-corrected chi connectivity index (χ1v) is 4.80. The third-order valence-electron chi connectivity index (χ3n) is 1.79. The summed E-state index contributed by atoms with van der Waals surface area (Å²) < 4.78 is 0. The minimum absolute atomic E-state index is 0.0933. The molecule has 6 nitrogen and oxygen atoms in total. The van der Waals surface area contributed by atoms with Crippen molar-refractivity contribution in [3.63, 3.8) is 0 Å². The molecule has 2 amide bonds. The number of amides is 2. The van der Waals surface area contributed by atoms with Crippen LogP contribution in [0.3, 0.4) is 0 Å². The van der Waals surface area contributed by atoms with E-state index in [1.807, 2.05) is 6.92 Å². The molecule has 1 rings (SSSR count). The van der Waals surface area contributed by atoms with Crippen molar-refractivity contribution < 1.29 is 9.59 Å². The number of hydrogen-bond acceptors (Lipinski definition) is 4. The Bertz CT molecular complexity index is 392. The summed E-state index contributed by atoms with van der Waals surface area (Å²) >= 11 is 0. The number of hydrogen-bond donors (Lipinski definition) is 3. The molecule has 16 heavy (non-hydrogen) atoms. The molecular weight excluding hydrogens is 208 g/mol. The third kappa shape index (κ3) is 4.05. The van der Waals surface area contributed by atoms with Gasteiger partial charge in [0.05, 0.1) is 25.0 Å². The highest BCUT2D eigenvalue weighted by Crippen LogP contribution is 2.06. The predicted octanol–water partition coefficient (Wildman–Crippen LogP) is -0.597. The van der Waals surface area contributed by atoms with Gasteiger partial charge in [0.25, 0.3) is 0 Å². The van der Waals surface area contributed by atoms with Crippen molar-refractivity contribution >= 4 is 17.5 Å². The van der Waals surface area contributed by atoms with Crippen LogP contribution in [0, 0.1) is 6.92 Å². The fourth-order valence-corrected chi connectivity index (χ4v) is 1.08. The molecule has 0 bridgehead atoms. The highest BCUT2D eigenvalue weighted by Gasteiger charge is 2.04. The van der Waals surface area contributed by atoms with Crippen molar-refractivity contribution in [3.05, 3.63) is 24.0 Å². The zero-order valence-electron chi connectivity index (χ0n) is 8.99. The third-order valence-corrected chi connectivity index (χ3v) is 1.79. The lowest BCUT2D eigenvalue weighted by molar-refractivity contribution is -0.123. The van der Waals surface area contributed by atoms with Gasteiger partial charge in [0, 0.05) is 6.20 Å². The molecule has 6 heteroatoms. The van der Waals surface area contributed by atoms with Crippen molar-refractivity contribution in [2.75, 3.05) is 18.4 Å². The molecule has 86 valence electrons. The molecule has 0 aliphatic carbocycles. The Labute approximate surface area is 93.2 Å². The topological polar surface area (TPSA) is 97.1 Å². The van der Waals surface area contributed by atoms with E-state index < -0.39 is 0 Å². The summed E-state index contributed by atoms with van der Waals surface area (Å²) in [5, 5.41) is 4.98. The summed E-state index contributed by atoms with van der Waals surface area (Å²) in [6, 6.07) is 1.79. The van der Waals surface area contributed by atoms with E-state index in [2.05, 4.69) is 15.6 Å². The largest absolute Gasteiger partial charge is 0.346 e. The first-order chi connectivity index (χ1) is 7.61. The van der Waals surface area contributed by atoms with Gasteiger partial charge < -0.3 is 16.4 Å². The molecule has 0 aromatic carbocycles. The SMILES string of the molecule is Cc1cncc(NC(=O)CNC(=O)CN)c1. The lowest BCUT2D eigenvalue weighted by atomic mass is 10.3. The standard InChI is InChI=1S/C10H14N4O2/c1-7-2-8(5-12-4-7)14-10(16)6-13-9(15)3-11/h2,4-5H,3,6,11H2,1H3,(H,13,15)(H,14,16). The van der Waals surface area contributed by atoms with Crippen LogP contribution in [0.5, 0.6) is 0 Å². The molecule has 4 N–H and O–H groups in total. The molecule has 0 fully saturated rings. The van der Waals surface area contributed by atoms with Crippen molar-refractivity contribution in [1.82, 2.24) is 10.3 Å². The van der Waals surface area contributed by atoms with Gasteiger partial charge in [0.2, 0.25) is 11.8 Å². The zero-order valence-corrected chi connectivity index (χ0v) is 8.99. The van der Waals surface area contributed by atoms with Crippen LogP contribution in [0.25, 0.3) is 0 Å². The maximum atomic E-state index is 11.3. The Morgan fingerprint density at radius 1 is 1.38 bits per heavy atom. The van der Waals surface area contributed by atoms with E-state index in [0.717, 1.165) is 5.56 Å². The number of anilines is 1. The molecule has 0 atom stereocenters. The van der Waals surface area contributed by atoms with Gasteiger partial charge in [-0.15, -0.1) is 0 Å². The lowest BCUT2D eigenvalue weighted by Gasteiger charge is -2.06. The van der Waals surface area contributed by atoms with Crippen LogP contribution in [0.4, 0.5) is 5.69 Å². The molecule has 0 saturated heterocycles. The Kier molecular flexibility index (Phi) is 4.41. The number of carbonyl (C=O) groups is 2. The number of carbonyl (C=O) groups excluding carboxylic acids is 2.